The van der Waals surface area contributed by atoms with Gasteiger partial charge in [0.05, 0.1) is 29.9 Å². The first-order valence-electron chi connectivity index (χ1n) is 9.91. The molecule has 1 spiro atoms. The monoisotopic (exact) mass is 418 g/mol. The van der Waals surface area contributed by atoms with E-state index in [4.69, 9.17) is 0 Å². The summed E-state index contributed by atoms with van der Waals surface area (Å²) in [5, 5.41) is 4.29. The molecule has 4 rings (SSSR count). The third-order valence-corrected chi connectivity index (χ3v) is 5.88. The molecule has 2 aromatic rings. The molecule has 0 bridgehead atoms. The first-order valence-corrected chi connectivity index (χ1v) is 9.91. The van der Waals surface area contributed by atoms with Crippen molar-refractivity contribution >= 4 is 11.8 Å². The Labute approximate surface area is 172 Å². The number of piperidine rings is 2. The Kier molecular flexibility index (Phi) is 5.03. The maximum atomic E-state index is 14.7. The van der Waals surface area contributed by atoms with Gasteiger partial charge in [-0.25, -0.2) is 18.7 Å². The van der Waals surface area contributed by atoms with E-state index in [2.05, 4.69) is 15.1 Å². The van der Waals surface area contributed by atoms with Crippen LogP contribution in [0.25, 0.3) is 0 Å². The largest absolute Gasteiger partial charge is 0.336 e. The summed E-state index contributed by atoms with van der Waals surface area (Å²) in [5.74, 6) is -4.08. The Balaban J connectivity index is 1.60. The number of hydrogen-bond donors (Lipinski definition) is 0. The molecular formula is C20H24F2N6O2. The lowest BCUT2D eigenvalue weighted by Crippen LogP contribution is -2.61. The van der Waals surface area contributed by atoms with E-state index in [1.807, 2.05) is 13.0 Å². The van der Waals surface area contributed by atoms with E-state index in [1.165, 1.54) is 18.6 Å². The molecule has 30 heavy (non-hydrogen) atoms. The highest BCUT2D eigenvalue weighted by Crippen LogP contribution is 2.45. The van der Waals surface area contributed by atoms with Crippen molar-refractivity contribution < 1.29 is 18.4 Å². The lowest BCUT2D eigenvalue weighted by molar-refractivity contribution is -0.166. The van der Waals surface area contributed by atoms with E-state index >= 15 is 0 Å². The second-order valence-corrected chi connectivity index (χ2v) is 8.30. The summed E-state index contributed by atoms with van der Waals surface area (Å²) in [6.45, 7) is 1.91. The molecule has 0 aliphatic carbocycles. The average Bonchev–Trinajstić information content (AvgIpc) is 3.01. The Morgan fingerprint density at radius 2 is 2.10 bits per heavy atom. The van der Waals surface area contributed by atoms with Crippen LogP contribution in [0.5, 0.6) is 0 Å². The van der Waals surface area contributed by atoms with Crippen LogP contribution in [0.3, 0.4) is 0 Å². The zero-order chi connectivity index (χ0) is 21.5. The predicted molar refractivity (Wildman–Crippen MR) is 103 cm³/mol. The molecule has 2 amide bonds. The molecule has 0 unspecified atom stereocenters. The van der Waals surface area contributed by atoms with Crippen molar-refractivity contribution in [2.24, 2.45) is 12.5 Å². The van der Waals surface area contributed by atoms with Crippen LogP contribution in [0, 0.1) is 12.3 Å². The normalized spacial score (nSPS) is 23.8. The van der Waals surface area contributed by atoms with E-state index in [9.17, 15) is 18.4 Å². The van der Waals surface area contributed by atoms with Gasteiger partial charge in [-0.15, -0.1) is 0 Å². The summed E-state index contributed by atoms with van der Waals surface area (Å²) in [4.78, 5) is 36.6. The Hall–Kier alpha value is -2.91. The summed E-state index contributed by atoms with van der Waals surface area (Å²) in [7, 11) is 1.80. The fourth-order valence-electron chi connectivity index (χ4n) is 4.65. The molecule has 160 valence electrons. The van der Waals surface area contributed by atoms with Crippen LogP contribution in [0.4, 0.5) is 8.78 Å². The minimum atomic E-state index is -3.15. The summed E-state index contributed by atoms with van der Waals surface area (Å²) >= 11 is 0. The van der Waals surface area contributed by atoms with E-state index < -0.39 is 30.2 Å². The molecule has 2 aliphatic rings. The molecule has 10 heteroatoms. The van der Waals surface area contributed by atoms with Crippen LogP contribution in [-0.2, 0) is 18.4 Å². The molecule has 1 atom stereocenters. The average molecular weight is 418 g/mol. The van der Waals surface area contributed by atoms with Gasteiger partial charge < -0.3 is 9.80 Å². The van der Waals surface area contributed by atoms with Crippen molar-refractivity contribution in [2.75, 3.05) is 19.6 Å². The standard InChI is InChI=1S/C20H24F2N6O2/c1-14-8-15(26(2)25-14)9-27-7-3-5-19(18(27)30)10-20(21,22)12-28(11-19)17(29)16-4-6-23-13-24-16/h4,6,8,13H,3,5,7,9-12H2,1-2H3/t19-/m1/s1. The Morgan fingerprint density at radius 1 is 1.30 bits per heavy atom. The minimum Gasteiger partial charge on any atom is -0.336 e. The van der Waals surface area contributed by atoms with Gasteiger partial charge >= 0.3 is 0 Å². The Bertz CT molecular complexity index is 963. The van der Waals surface area contributed by atoms with Gasteiger partial charge in [-0.2, -0.15) is 5.10 Å². The van der Waals surface area contributed by atoms with Crippen molar-refractivity contribution in [3.05, 3.63) is 41.7 Å². The van der Waals surface area contributed by atoms with Gasteiger partial charge in [0.15, 0.2) is 0 Å². The number of nitrogens with zero attached hydrogens (tertiary/aromatic N) is 6. The highest BCUT2D eigenvalue weighted by Gasteiger charge is 2.56. The molecule has 0 radical (unpaired) electrons. The van der Waals surface area contributed by atoms with Crippen LogP contribution >= 0.6 is 0 Å². The van der Waals surface area contributed by atoms with E-state index in [0.29, 0.717) is 25.9 Å². The number of hydrogen-bond acceptors (Lipinski definition) is 5. The topological polar surface area (TPSA) is 84.2 Å². The number of halogens is 2. The lowest BCUT2D eigenvalue weighted by Gasteiger charge is -2.49. The van der Waals surface area contributed by atoms with E-state index in [-0.39, 0.29) is 18.1 Å². The van der Waals surface area contributed by atoms with Crippen molar-refractivity contribution in [3.63, 3.8) is 0 Å². The number of likely N-dealkylation sites (tertiary alicyclic amines) is 2. The maximum absolute atomic E-state index is 14.7. The van der Waals surface area contributed by atoms with Gasteiger partial charge in [-0.3, -0.25) is 14.3 Å². The van der Waals surface area contributed by atoms with E-state index in [0.717, 1.165) is 16.3 Å². The number of alkyl halides is 2. The fourth-order valence-corrected chi connectivity index (χ4v) is 4.65. The van der Waals surface area contributed by atoms with Gasteiger partial charge in [-0.05, 0) is 31.9 Å². The summed E-state index contributed by atoms with van der Waals surface area (Å²) in [5.41, 5.74) is 0.422. The number of aromatic nitrogens is 4. The second kappa shape index (κ2) is 7.41. The van der Waals surface area contributed by atoms with Gasteiger partial charge in [0.25, 0.3) is 11.8 Å². The zero-order valence-corrected chi connectivity index (χ0v) is 17.0. The molecule has 8 nitrogen and oxygen atoms in total. The first-order chi connectivity index (χ1) is 14.2. The molecule has 2 fully saturated rings. The first kappa shape index (κ1) is 20.4. The van der Waals surface area contributed by atoms with Crippen LogP contribution < -0.4 is 0 Å². The number of aryl methyl sites for hydroxylation is 2. The summed E-state index contributed by atoms with van der Waals surface area (Å²) in [6, 6.07) is 3.27. The number of carbonyl (C=O) groups is 2. The molecule has 2 aliphatic heterocycles. The molecule has 4 heterocycles. The molecule has 0 N–H and O–H groups in total. The van der Waals surface area contributed by atoms with Crippen molar-refractivity contribution in [1.29, 1.82) is 0 Å². The third kappa shape index (κ3) is 3.78. The van der Waals surface area contributed by atoms with Crippen LogP contribution in [0.2, 0.25) is 0 Å². The highest BCUT2D eigenvalue weighted by molar-refractivity contribution is 5.93. The lowest BCUT2D eigenvalue weighted by atomic mass is 9.71. The van der Waals surface area contributed by atoms with Crippen molar-refractivity contribution in [3.8, 4) is 0 Å². The Morgan fingerprint density at radius 3 is 2.77 bits per heavy atom. The van der Waals surface area contributed by atoms with Crippen molar-refractivity contribution in [1.82, 2.24) is 29.5 Å². The maximum Gasteiger partial charge on any atom is 0.272 e. The van der Waals surface area contributed by atoms with Gasteiger partial charge in [0, 0.05) is 32.8 Å². The molecule has 2 saturated heterocycles. The second-order valence-electron chi connectivity index (χ2n) is 8.30. The van der Waals surface area contributed by atoms with Crippen LogP contribution in [0.15, 0.2) is 24.7 Å². The predicted octanol–water partition coefficient (Wildman–Crippen LogP) is 1.81. The third-order valence-electron chi connectivity index (χ3n) is 5.88. The van der Waals surface area contributed by atoms with Crippen LogP contribution in [0.1, 0.15) is 41.1 Å². The minimum absolute atomic E-state index is 0.0365. The van der Waals surface area contributed by atoms with Gasteiger partial charge in [-0.1, -0.05) is 0 Å². The quantitative estimate of drug-likeness (QED) is 0.759. The molecule has 0 saturated carbocycles. The number of carbonyl (C=O) groups excluding carboxylic acids is 2. The number of amides is 2. The SMILES string of the molecule is Cc1cc(CN2CCC[C@@]3(CN(C(=O)c4ccncn4)CC(F)(F)C3)C2=O)n(C)n1. The van der Waals surface area contributed by atoms with Crippen LogP contribution in [-0.4, -0.2) is 66.9 Å². The number of rotatable bonds is 3. The van der Waals surface area contributed by atoms with Gasteiger partial charge in [0.1, 0.15) is 12.0 Å². The highest BCUT2D eigenvalue weighted by atomic mass is 19.3. The smallest absolute Gasteiger partial charge is 0.272 e. The van der Waals surface area contributed by atoms with Gasteiger partial charge in [0.2, 0.25) is 5.91 Å². The molecule has 2 aromatic heterocycles. The zero-order valence-electron chi connectivity index (χ0n) is 17.0. The summed E-state index contributed by atoms with van der Waals surface area (Å²) in [6.07, 6.45) is 2.98. The summed E-state index contributed by atoms with van der Waals surface area (Å²) < 4.78 is 31.2. The molecule has 0 aromatic carbocycles. The fraction of sp³-hybridized carbons (Fsp3) is 0.550. The van der Waals surface area contributed by atoms with E-state index in [1.54, 1.807) is 16.6 Å². The van der Waals surface area contributed by atoms with Crippen molar-refractivity contribution in [2.45, 2.75) is 38.7 Å². The molecular weight excluding hydrogens is 394 g/mol.